The number of carbonyl (C=O) groups is 1. The van der Waals surface area contributed by atoms with Crippen LogP contribution in [0.2, 0.25) is 0 Å². The summed E-state index contributed by atoms with van der Waals surface area (Å²) in [6.45, 7) is 0.256. The molecule has 0 saturated carbocycles. The molecule has 5 nitrogen and oxygen atoms in total. The van der Waals surface area contributed by atoms with E-state index < -0.39 is 10.0 Å². The van der Waals surface area contributed by atoms with Gasteiger partial charge in [-0.3, -0.25) is 4.79 Å². The van der Waals surface area contributed by atoms with Gasteiger partial charge in [0.05, 0.1) is 4.90 Å². The fraction of sp³-hybridized carbons (Fsp3) is 0. The Morgan fingerprint density at radius 1 is 1.23 bits per heavy atom. The van der Waals surface area contributed by atoms with Crippen molar-refractivity contribution in [3.05, 3.63) is 24.3 Å². The summed E-state index contributed by atoms with van der Waals surface area (Å²) in [6.07, 6.45) is 0. The van der Waals surface area contributed by atoms with E-state index in [4.69, 9.17) is 5.14 Å². The predicted molar refractivity (Wildman–Crippen MR) is 44.5 cm³/mol. The Balaban J connectivity index is 3.01. The molecule has 0 saturated heterocycles. The molecule has 0 aliphatic carbocycles. The first-order valence-corrected chi connectivity index (χ1v) is 4.82. The van der Waals surface area contributed by atoms with Gasteiger partial charge in [-0.05, 0) is 24.3 Å². The molecule has 0 amide bonds. The third-order valence-electron chi connectivity index (χ3n) is 1.34. The van der Waals surface area contributed by atoms with Crippen LogP contribution in [0.5, 0.6) is 5.75 Å². The van der Waals surface area contributed by atoms with Gasteiger partial charge in [-0.25, -0.2) is 13.6 Å². The van der Waals surface area contributed by atoms with Crippen LogP contribution in [-0.4, -0.2) is 14.9 Å². The van der Waals surface area contributed by atoms with Gasteiger partial charge in [0, 0.05) is 0 Å². The number of carbonyl (C=O) groups excluding carboxylic acids is 1. The van der Waals surface area contributed by atoms with Crippen LogP contribution in [0.15, 0.2) is 29.2 Å². The molecular weight excluding hydrogens is 194 g/mol. The van der Waals surface area contributed by atoms with Crippen molar-refractivity contribution in [2.45, 2.75) is 4.90 Å². The zero-order valence-electron chi connectivity index (χ0n) is 6.51. The molecule has 0 heterocycles. The molecule has 1 aromatic carbocycles. The highest BCUT2D eigenvalue weighted by Crippen LogP contribution is 2.13. The second kappa shape index (κ2) is 3.55. The number of hydrogen-bond donors (Lipinski definition) is 1. The van der Waals surface area contributed by atoms with E-state index in [1.807, 2.05) is 0 Å². The molecule has 1 rings (SSSR count). The van der Waals surface area contributed by atoms with Gasteiger partial charge in [0.2, 0.25) is 10.0 Å². The molecule has 13 heavy (non-hydrogen) atoms. The summed E-state index contributed by atoms with van der Waals surface area (Å²) in [5.41, 5.74) is 0. The van der Waals surface area contributed by atoms with Crippen LogP contribution in [0.3, 0.4) is 0 Å². The van der Waals surface area contributed by atoms with Crippen LogP contribution in [0, 0.1) is 0 Å². The van der Waals surface area contributed by atoms with Crippen molar-refractivity contribution in [1.29, 1.82) is 0 Å². The van der Waals surface area contributed by atoms with E-state index >= 15 is 0 Å². The lowest BCUT2D eigenvalue weighted by Gasteiger charge is -1.99. The molecule has 0 radical (unpaired) electrons. The fourth-order valence-electron chi connectivity index (χ4n) is 0.763. The van der Waals surface area contributed by atoms with Crippen LogP contribution in [0.4, 0.5) is 0 Å². The first-order valence-electron chi connectivity index (χ1n) is 3.27. The summed E-state index contributed by atoms with van der Waals surface area (Å²) in [4.78, 5) is 9.87. The molecule has 0 spiro atoms. The zero-order valence-corrected chi connectivity index (χ0v) is 7.32. The van der Waals surface area contributed by atoms with E-state index in [-0.39, 0.29) is 17.1 Å². The molecule has 0 fully saturated rings. The smallest absolute Gasteiger partial charge is 0.298 e. The molecule has 1 aromatic rings. The standard InChI is InChI=1S/C7H7NO4S/c8-13(10,11)7-3-1-6(2-4-7)12-5-9/h1-5H,(H2,8,10,11). The lowest BCUT2D eigenvalue weighted by atomic mass is 10.3. The Kier molecular flexibility index (Phi) is 2.64. The first-order chi connectivity index (χ1) is 6.04. The molecule has 2 N–H and O–H groups in total. The minimum Gasteiger partial charge on any atom is -0.429 e. The van der Waals surface area contributed by atoms with Gasteiger partial charge < -0.3 is 4.74 Å². The summed E-state index contributed by atoms with van der Waals surface area (Å²) in [5.74, 6) is 0.266. The SMILES string of the molecule is NS(=O)(=O)c1ccc(OC=O)cc1. The van der Waals surface area contributed by atoms with Crippen molar-refractivity contribution in [3.8, 4) is 5.75 Å². The highest BCUT2D eigenvalue weighted by molar-refractivity contribution is 7.89. The predicted octanol–water partition coefficient (Wildman–Crippen LogP) is -0.131. The number of hydrogen-bond acceptors (Lipinski definition) is 4. The van der Waals surface area contributed by atoms with Crippen LogP contribution < -0.4 is 9.88 Å². The molecular formula is C7H7NO4S. The van der Waals surface area contributed by atoms with Crippen molar-refractivity contribution in [1.82, 2.24) is 0 Å². The highest BCUT2D eigenvalue weighted by Gasteiger charge is 2.06. The number of benzene rings is 1. The average molecular weight is 201 g/mol. The van der Waals surface area contributed by atoms with Crippen molar-refractivity contribution in [3.63, 3.8) is 0 Å². The van der Waals surface area contributed by atoms with E-state index in [1.165, 1.54) is 24.3 Å². The number of nitrogens with two attached hydrogens (primary N) is 1. The topological polar surface area (TPSA) is 86.5 Å². The molecule has 0 aromatic heterocycles. The average Bonchev–Trinajstić information content (AvgIpc) is 2.04. The fourth-order valence-corrected chi connectivity index (χ4v) is 1.28. The van der Waals surface area contributed by atoms with E-state index in [9.17, 15) is 13.2 Å². The van der Waals surface area contributed by atoms with Gasteiger partial charge in [0.1, 0.15) is 5.75 Å². The maximum absolute atomic E-state index is 10.8. The quantitative estimate of drug-likeness (QED) is 0.690. The maximum atomic E-state index is 10.8. The molecule has 0 bridgehead atoms. The van der Waals surface area contributed by atoms with E-state index in [1.54, 1.807) is 0 Å². The summed E-state index contributed by atoms with van der Waals surface area (Å²) >= 11 is 0. The Hall–Kier alpha value is -1.40. The summed E-state index contributed by atoms with van der Waals surface area (Å²) < 4.78 is 26.0. The van der Waals surface area contributed by atoms with E-state index in [2.05, 4.69) is 4.74 Å². The van der Waals surface area contributed by atoms with Crippen molar-refractivity contribution < 1.29 is 17.9 Å². The Morgan fingerprint density at radius 2 is 1.77 bits per heavy atom. The lowest BCUT2D eigenvalue weighted by molar-refractivity contribution is -0.120. The molecule has 6 heteroatoms. The molecule has 0 aliphatic heterocycles. The van der Waals surface area contributed by atoms with Gasteiger partial charge >= 0.3 is 0 Å². The van der Waals surface area contributed by atoms with Crippen LogP contribution in [0.25, 0.3) is 0 Å². The maximum Gasteiger partial charge on any atom is 0.298 e. The van der Waals surface area contributed by atoms with Gasteiger partial charge in [-0.1, -0.05) is 0 Å². The van der Waals surface area contributed by atoms with Crippen LogP contribution in [-0.2, 0) is 14.8 Å². The summed E-state index contributed by atoms with van der Waals surface area (Å²) in [7, 11) is -3.68. The Morgan fingerprint density at radius 3 is 2.15 bits per heavy atom. The summed E-state index contributed by atoms with van der Waals surface area (Å²) in [6, 6.07) is 5.20. The molecule has 0 aliphatic rings. The lowest BCUT2D eigenvalue weighted by Crippen LogP contribution is -2.11. The van der Waals surface area contributed by atoms with Gasteiger partial charge in [0.15, 0.2) is 0 Å². The Labute approximate surface area is 75.2 Å². The first kappa shape index (κ1) is 9.69. The van der Waals surface area contributed by atoms with Crippen molar-refractivity contribution >= 4 is 16.5 Å². The second-order valence-corrected chi connectivity index (χ2v) is 3.79. The second-order valence-electron chi connectivity index (χ2n) is 2.23. The largest absolute Gasteiger partial charge is 0.429 e. The van der Waals surface area contributed by atoms with Crippen molar-refractivity contribution in [2.75, 3.05) is 0 Å². The Bertz CT molecular complexity index is 395. The van der Waals surface area contributed by atoms with Crippen molar-refractivity contribution in [2.24, 2.45) is 5.14 Å². The van der Waals surface area contributed by atoms with Crippen LogP contribution >= 0.6 is 0 Å². The van der Waals surface area contributed by atoms with E-state index in [0.29, 0.717) is 0 Å². The number of sulfonamides is 1. The molecule has 0 atom stereocenters. The highest BCUT2D eigenvalue weighted by atomic mass is 32.2. The van der Waals surface area contributed by atoms with Gasteiger partial charge in [0.25, 0.3) is 6.47 Å². The number of rotatable bonds is 3. The molecule has 0 unspecified atom stereocenters. The monoisotopic (exact) mass is 201 g/mol. The minimum absolute atomic E-state index is 0.0225. The van der Waals surface area contributed by atoms with Gasteiger partial charge in [-0.2, -0.15) is 0 Å². The van der Waals surface area contributed by atoms with E-state index in [0.717, 1.165) is 0 Å². The third-order valence-corrected chi connectivity index (χ3v) is 2.27. The minimum atomic E-state index is -3.68. The third kappa shape index (κ3) is 2.53. The zero-order chi connectivity index (χ0) is 9.90. The normalized spacial score (nSPS) is 10.8. The number of primary sulfonamides is 1. The molecule has 70 valence electrons. The van der Waals surface area contributed by atoms with Crippen LogP contribution in [0.1, 0.15) is 0 Å². The summed E-state index contributed by atoms with van der Waals surface area (Å²) in [5, 5.41) is 4.84. The number of ether oxygens (including phenoxy) is 1. The van der Waals surface area contributed by atoms with Gasteiger partial charge in [-0.15, -0.1) is 0 Å².